The zero-order valence-electron chi connectivity index (χ0n) is 34.4. The van der Waals surface area contributed by atoms with Crippen LogP contribution in [0, 0.1) is 11.6 Å². The molecular formula is C50H46CaF2N2O8. The molecule has 0 spiro atoms. The quantitative estimate of drug-likeness (QED) is 0.0843. The Labute approximate surface area is 393 Å². The van der Waals surface area contributed by atoms with Crippen molar-refractivity contribution in [2.24, 2.45) is 0 Å². The Hall–Kier alpha value is -4.92. The number of rotatable bonds is 16. The zero-order chi connectivity index (χ0) is 43.9. The van der Waals surface area contributed by atoms with Crippen LogP contribution in [-0.2, 0) is 9.59 Å². The summed E-state index contributed by atoms with van der Waals surface area (Å²) < 4.78 is 27.1. The summed E-state index contributed by atoms with van der Waals surface area (Å²) >= 11 is 0. The van der Waals surface area contributed by atoms with Crippen molar-refractivity contribution < 1.29 is 49.0 Å². The van der Waals surface area contributed by atoms with Crippen molar-refractivity contribution in [2.75, 3.05) is 0 Å². The molecule has 2 saturated carbocycles. The number of fused-ring (bicyclic) bond motifs is 2. The largest absolute Gasteiger partial charge is 2.00 e. The predicted octanol–water partition coefficient (Wildman–Crippen LogP) is 5.99. The number of aromatic nitrogens is 2. The SMILES string of the molecule is O=C([O-])C[C@@H](O)C[C@@H](O)/C=C/c1c(C2CC2)nc2ccccc2c1-c1ccc(F)cc1.O=C([O-])C[C@@H](O)C[C@@H](O)/C=C/c1c(C2CC2)nc2ccccc2c1-c1ccc(F)cc1.[Ca+2]. The zero-order valence-corrected chi connectivity index (χ0v) is 36.7. The second kappa shape index (κ2) is 21.6. The molecule has 4 aromatic carbocycles. The Balaban J connectivity index is 0.000000206. The van der Waals surface area contributed by atoms with Gasteiger partial charge in [-0.15, -0.1) is 0 Å². The predicted molar refractivity (Wildman–Crippen MR) is 235 cm³/mol. The number of aliphatic hydroxyl groups is 4. The van der Waals surface area contributed by atoms with Crippen LogP contribution in [0.25, 0.3) is 56.2 Å². The fraction of sp³-hybridized carbons (Fsp3) is 0.280. The molecule has 2 heterocycles. The fourth-order valence-electron chi connectivity index (χ4n) is 7.70. The number of hydrogen-bond acceptors (Lipinski definition) is 10. The van der Waals surface area contributed by atoms with Gasteiger partial charge in [0.25, 0.3) is 0 Å². The normalized spacial score (nSPS) is 15.7. The Morgan fingerprint density at radius 2 is 0.937 bits per heavy atom. The number of carboxylic acid groups (broad SMARTS) is 2. The van der Waals surface area contributed by atoms with E-state index in [-0.39, 0.29) is 62.2 Å². The molecule has 10 nitrogen and oxygen atoms in total. The Morgan fingerprint density at radius 1 is 0.587 bits per heavy atom. The molecule has 2 fully saturated rings. The van der Waals surface area contributed by atoms with E-state index in [0.29, 0.717) is 11.8 Å². The van der Waals surface area contributed by atoms with Crippen LogP contribution in [0.4, 0.5) is 8.78 Å². The second-order valence-corrected chi connectivity index (χ2v) is 16.0. The minimum atomic E-state index is -1.36. The van der Waals surface area contributed by atoms with Gasteiger partial charge in [0.05, 0.1) is 46.8 Å². The first-order chi connectivity index (χ1) is 29.8. The number of carbonyl (C=O) groups is 2. The molecule has 2 aliphatic carbocycles. The van der Waals surface area contributed by atoms with E-state index in [2.05, 4.69) is 0 Å². The topological polar surface area (TPSA) is 187 Å². The van der Waals surface area contributed by atoms with Gasteiger partial charge in [-0.1, -0.05) is 85.0 Å². The fourth-order valence-corrected chi connectivity index (χ4v) is 7.70. The van der Waals surface area contributed by atoms with Crippen LogP contribution in [0.5, 0.6) is 0 Å². The molecule has 0 radical (unpaired) electrons. The Bertz CT molecular complexity index is 2430. The smallest absolute Gasteiger partial charge is 0.550 e. The summed E-state index contributed by atoms with van der Waals surface area (Å²) in [7, 11) is 0. The van der Waals surface area contributed by atoms with Crippen LogP contribution in [0.3, 0.4) is 0 Å². The number of pyridine rings is 2. The van der Waals surface area contributed by atoms with Gasteiger partial charge in [0.1, 0.15) is 11.6 Å². The van der Waals surface area contributed by atoms with Gasteiger partial charge in [-0.2, -0.15) is 0 Å². The third-order valence-electron chi connectivity index (χ3n) is 10.9. The number of nitrogens with zero attached hydrogens (tertiary/aromatic N) is 2. The first-order valence-corrected chi connectivity index (χ1v) is 20.7. The van der Waals surface area contributed by atoms with Gasteiger partial charge in [-0.25, -0.2) is 8.78 Å². The summed E-state index contributed by atoms with van der Waals surface area (Å²) in [5, 5.41) is 63.3. The molecule has 4 atom stereocenters. The molecule has 0 aliphatic heterocycles. The van der Waals surface area contributed by atoms with E-state index >= 15 is 0 Å². The minimum Gasteiger partial charge on any atom is -0.550 e. The van der Waals surface area contributed by atoms with Crippen molar-refractivity contribution in [1.29, 1.82) is 0 Å². The number of para-hydroxylation sites is 2. The maximum absolute atomic E-state index is 13.6. The summed E-state index contributed by atoms with van der Waals surface area (Å²) in [6.45, 7) is 0. The molecular weight excluding hydrogens is 835 g/mol. The minimum absolute atomic E-state index is 0. The van der Waals surface area contributed by atoms with Crippen LogP contribution >= 0.6 is 0 Å². The van der Waals surface area contributed by atoms with Crippen molar-refractivity contribution in [1.82, 2.24) is 9.97 Å². The van der Waals surface area contributed by atoms with Gasteiger partial charge in [-0.05, 0) is 73.2 Å². The average Bonchev–Trinajstić information content (AvgIpc) is 4.17. The molecule has 0 amide bonds. The molecule has 13 heteroatoms. The van der Waals surface area contributed by atoms with E-state index in [1.807, 2.05) is 48.5 Å². The van der Waals surface area contributed by atoms with E-state index < -0.39 is 49.2 Å². The standard InChI is InChI=1S/2C25H24FNO4.Ca/c2*26-17-9-7-15(8-10-17)24-20-3-1-2-4-22(20)27-25(16-5-6-16)21(24)12-11-18(28)13-19(29)14-23(30)31;/h2*1-4,7-12,16,18-19,28-29H,5-6,13-14H2,(H,30,31);/q;;+2/p-2/b2*12-11+;/t2*18-,19-;/m00./s1. The van der Waals surface area contributed by atoms with Gasteiger partial charge < -0.3 is 40.2 Å². The summed E-state index contributed by atoms with van der Waals surface area (Å²) in [6, 6.07) is 28.1. The number of aliphatic hydroxyl groups excluding tert-OH is 4. The van der Waals surface area contributed by atoms with Gasteiger partial charge in [0.15, 0.2) is 0 Å². The molecule has 320 valence electrons. The average molecular weight is 881 g/mol. The van der Waals surface area contributed by atoms with E-state index in [9.17, 15) is 49.0 Å². The summed E-state index contributed by atoms with van der Waals surface area (Å²) in [5.74, 6) is -2.72. The molecule has 2 aliphatic rings. The van der Waals surface area contributed by atoms with Crippen molar-refractivity contribution in [2.45, 2.75) is 87.6 Å². The van der Waals surface area contributed by atoms with Gasteiger partial charge in [0, 0.05) is 82.5 Å². The number of halogens is 2. The van der Waals surface area contributed by atoms with Crippen LogP contribution in [-0.4, -0.2) is 104 Å². The number of benzene rings is 4. The third kappa shape index (κ3) is 12.6. The molecule has 8 rings (SSSR count). The summed E-state index contributed by atoms with van der Waals surface area (Å²) in [6.07, 6.45) is 5.02. The van der Waals surface area contributed by atoms with Gasteiger partial charge >= 0.3 is 37.7 Å². The summed E-state index contributed by atoms with van der Waals surface area (Å²) in [5.41, 5.74) is 8.76. The number of carbonyl (C=O) groups excluding carboxylic acids is 2. The van der Waals surface area contributed by atoms with E-state index in [1.165, 1.54) is 24.3 Å². The van der Waals surface area contributed by atoms with Crippen LogP contribution in [0.2, 0.25) is 0 Å². The molecule has 0 saturated heterocycles. The van der Waals surface area contributed by atoms with E-state index in [1.54, 1.807) is 48.6 Å². The van der Waals surface area contributed by atoms with Crippen LogP contribution in [0.1, 0.15) is 85.7 Å². The number of aliphatic carboxylic acids is 2. The van der Waals surface area contributed by atoms with Crippen molar-refractivity contribution >= 4 is 83.6 Å². The maximum Gasteiger partial charge on any atom is 2.00 e. The molecule has 4 N–H and O–H groups in total. The van der Waals surface area contributed by atoms with E-state index in [0.717, 1.165) is 92.3 Å². The second-order valence-electron chi connectivity index (χ2n) is 16.0. The first kappa shape index (κ1) is 47.6. The third-order valence-corrected chi connectivity index (χ3v) is 10.9. The Morgan fingerprint density at radius 3 is 1.27 bits per heavy atom. The first-order valence-electron chi connectivity index (χ1n) is 20.7. The van der Waals surface area contributed by atoms with Crippen LogP contribution < -0.4 is 10.2 Å². The van der Waals surface area contributed by atoms with Gasteiger partial charge in [0.2, 0.25) is 0 Å². The van der Waals surface area contributed by atoms with Gasteiger partial charge in [-0.3, -0.25) is 9.97 Å². The molecule has 0 unspecified atom stereocenters. The maximum atomic E-state index is 13.6. The molecule has 63 heavy (non-hydrogen) atoms. The monoisotopic (exact) mass is 880 g/mol. The molecule has 2 aromatic heterocycles. The number of carboxylic acids is 2. The Kier molecular flexibility index (Phi) is 16.3. The van der Waals surface area contributed by atoms with Crippen LogP contribution in [0.15, 0.2) is 109 Å². The van der Waals surface area contributed by atoms with Crippen molar-refractivity contribution in [3.8, 4) is 22.3 Å². The summed E-state index contributed by atoms with van der Waals surface area (Å²) in [4.78, 5) is 31.0. The number of hydrogen-bond donors (Lipinski definition) is 4. The van der Waals surface area contributed by atoms with E-state index in [4.69, 9.17) is 9.97 Å². The van der Waals surface area contributed by atoms with Crippen molar-refractivity contribution in [3.63, 3.8) is 0 Å². The molecule has 6 aromatic rings. The molecule has 0 bridgehead atoms. The van der Waals surface area contributed by atoms with Crippen molar-refractivity contribution in [3.05, 3.63) is 143 Å².